The van der Waals surface area contributed by atoms with Crippen LogP contribution >= 0.6 is 0 Å². The fourth-order valence-corrected chi connectivity index (χ4v) is 4.45. The fraction of sp³-hybridized carbons (Fsp3) is 0.273. The second-order valence-corrected chi connectivity index (χ2v) is 7.13. The third-order valence-electron chi connectivity index (χ3n) is 5.71. The molecular formula is C22H21N3O2. The van der Waals surface area contributed by atoms with Crippen molar-refractivity contribution >= 4 is 22.5 Å². The SMILES string of the molecule is COc1cccc2c1C1=CCCN(C(=O)c3ccc4nc[nH]c4c3)C1CC2. The first-order valence-corrected chi connectivity index (χ1v) is 9.36. The first-order valence-electron chi connectivity index (χ1n) is 9.36. The van der Waals surface area contributed by atoms with Crippen LogP contribution in [-0.2, 0) is 6.42 Å². The second kappa shape index (κ2) is 6.27. The molecule has 136 valence electrons. The van der Waals surface area contributed by atoms with E-state index in [2.05, 4.69) is 22.1 Å². The topological polar surface area (TPSA) is 58.2 Å². The summed E-state index contributed by atoms with van der Waals surface area (Å²) in [5.41, 5.74) is 6.20. The predicted molar refractivity (Wildman–Crippen MR) is 105 cm³/mol. The fourth-order valence-electron chi connectivity index (χ4n) is 4.45. The van der Waals surface area contributed by atoms with E-state index in [1.54, 1.807) is 13.4 Å². The minimum atomic E-state index is 0.0837. The number of carbonyl (C=O) groups is 1. The number of hydrogen-bond acceptors (Lipinski definition) is 3. The van der Waals surface area contributed by atoms with Gasteiger partial charge < -0.3 is 14.6 Å². The largest absolute Gasteiger partial charge is 0.496 e. The number of benzene rings is 2. The summed E-state index contributed by atoms with van der Waals surface area (Å²) >= 11 is 0. The number of carbonyl (C=O) groups excluding carboxylic acids is 1. The highest BCUT2D eigenvalue weighted by Gasteiger charge is 2.35. The van der Waals surface area contributed by atoms with E-state index in [4.69, 9.17) is 4.74 Å². The lowest BCUT2D eigenvalue weighted by atomic mass is 9.80. The van der Waals surface area contributed by atoms with Gasteiger partial charge in [0.2, 0.25) is 0 Å². The van der Waals surface area contributed by atoms with Gasteiger partial charge in [-0.25, -0.2) is 4.98 Å². The van der Waals surface area contributed by atoms with Crippen molar-refractivity contribution in [3.8, 4) is 5.75 Å². The Bertz CT molecular complexity index is 1050. The van der Waals surface area contributed by atoms with E-state index in [1.165, 1.54) is 16.7 Å². The summed E-state index contributed by atoms with van der Waals surface area (Å²) in [4.78, 5) is 22.7. The van der Waals surface area contributed by atoms with Crippen LogP contribution in [0.4, 0.5) is 0 Å². The van der Waals surface area contributed by atoms with Crippen molar-refractivity contribution in [1.82, 2.24) is 14.9 Å². The highest BCUT2D eigenvalue weighted by Crippen LogP contribution is 2.41. The van der Waals surface area contributed by atoms with Crippen molar-refractivity contribution < 1.29 is 9.53 Å². The van der Waals surface area contributed by atoms with Crippen LogP contribution in [0.3, 0.4) is 0 Å². The molecule has 3 aromatic rings. The maximum atomic E-state index is 13.3. The van der Waals surface area contributed by atoms with Crippen LogP contribution in [0.25, 0.3) is 16.6 Å². The highest BCUT2D eigenvalue weighted by atomic mass is 16.5. The molecule has 0 saturated heterocycles. The van der Waals surface area contributed by atoms with Crippen molar-refractivity contribution in [3.63, 3.8) is 0 Å². The molecule has 2 aliphatic rings. The third-order valence-corrected chi connectivity index (χ3v) is 5.71. The molecule has 27 heavy (non-hydrogen) atoms. The minimum absolute atomic E-state index is 0.0837. The first kappa shape index (κ1) is 16.1. The normalized spacial score (nSPS) is 18.6. The number of imidazole rings is 1. The number of aromatic amines is 1. The number of aromatic nitrogens is 2. The van der Waals surface area contributed by atoms with Crippen LogP contribution < -0.4 is 4.74 Å². The summed E-state index contributed by atoms with van der Waals surface area (Å²) in [6.07, 6.45) is 6.71. The number of nitrogens with one attached hydrogen (secondary N) is 1. The Morgan fingerprint density at radius 2 is 2.22 bits per heavy atom. The second-order valence-electron chi connectivity index (χ2n) is 7.13. The van der Waals surface area contributed by atoms with Crippen molar-refractivity contribution in [3.05, 3.63) is 65.5 Å². The van der Waals surface area contributed by atoms with Gasteiger partial charge in [0, 0.05) is 17.7 Å². The molecule has 5 rings (SSSR count). The maximum absolute atomic E-state index is 13.3. The van der Waals surface area contributed by atoms with Gasteiger partial charge in [0.15, 0.2) is 0 Å². The van der Waals surface area contributed by atoms with E-state index in [1.807, 2.05) is 35.2 Å². The van der Waals surface area contributed by atoms with Gasteiger partial charge in [-0.2, -0.15) is 0 Å². The van der Waals surface area contributed by atoms with Crippen LogP contribution in [0.2, 0.25) is 0 Å². The van der Waals surface area contributed by atoms with Crippen LogP contribution in [0.15, 0.2) is 48.8 Å². The smallest absolute Gasteiger partial charge is 0.254 e. The monoisotopic (exact) mass is 359 g/mol. The summed E-state index contributed by atoms with van der Waals surface area (Å²) < 4.78 is 5.63. The average Bonchev–Trinajstić information content (AvgIpc) is 3.20. The number of fused-ring (bicyclic) bond motifs is 4. The lowest BCUT2D eigenvalue weighted by Gasteiger charge is -2.40. The number of amides is 1. The Kier molecular flexibility index (Phi) is 3.74. The number of rotatable bonds is 2. The number of methoxy groups -OCH3 is 1. The van der Waals surface area contributed by atoms with E-state index in [-0.39, 0.29) is 11.9 Å². The molecule has 1 amide bonds. The zero-order valence-electron chi connectivity index (χ0n) is 15.2. The number of hydrogen-bond donors (Lipinski definition) is 1. The summed E-state index contributed by atoms with van der Waals surface area (Å²) in [5.74, 6) is 0.983. The molecule has 2 aromatic carbocycles. The van der Waals surface area contributed by atoms with Crippen LogP contribution in [0.1, 0.15) is 34.3 Å². The predicted octanol–water partition coefficient (Wildman–Crippen LogP) is 3.82. The summed E-state index contributed by atoms with van der Waals surface area (Å²) in [7, 11) is 1.71. The lowest BCUT2D eigenvalue weighted by Crippen LogP contribution is -2.45. The molecule has 0 spiro atoms. The number of aryl methyl sites for hydroxylation is 1. The molecule has 0 saturated carbocycles. The van der Waals surface area contributed by atoms with Crippen LogP contribution in [0.5, 0.6) is 5.75 Å². The van der Waals surface area contributed by atoms with Crippen molar-refractivity contribution in [2.24, 2.45) is 0 Å². The molecule has 5 heteroatoms. The van der Waals surface area contributed by atoms with E-state index in [9.17, 15) is 4.79 Å². The lowest BCUT2D eigenvalue weighted by molar-refractivity contribution is 0.0706. The zero-order chi connectivity index (χ0) is 18.4. The van der Waals surface area contributed by atoms with Crippen molar-refractivity contribution in [2.45, 2.75) is 25.3 Å². The third kappa shape index (κ3) is 2.53. The molecule has 2 heterocycles. The Labute approximate surface area is 157 Å². The van der Waals surface area contributed by atoms with Gasteiger partial charge in [-0.15, -0.1) is 0 Å². The van der Waals surface area contributed by atoms with Gasteiger partial charge in [-0.05, 0) is 54.7 Å². The minimum Gasteiger partial charge on any atom is -0.496 e. The van der Waals surface area contributed by atoms with Crippen molar-refractivity contribution in [2.75, 3.05) is 13.7 Å². The average molecular weight is 359 g/mol. The molecule has 0 bridgehead atoms. The van der Waals surface area contributed by atoms with Gasteiger partial charge in [0.25, 0.3) is 5.91 Å². The highest BCUT2D eigenvalue weighted by molar-refractivity contribution is 5.99. The summed E-state index contributed by atoms with van der Waals surface area (Å²) in [6, 6.07) is 12.0. The van der Waals surface area contributed by atoms with Gasteiger partial charge in [0.1, 0.15) is 5.75 Å². The van der Waals surface area contributed by atoms with E-state index < -0.39 is 0 Å². The van der Waals surface area contributed by atoms with Gasteiger partial charge in [-0.1, -0.05) is 18.2 Å². The summed E-state index contributed by atoms with van der Waals surface area (Å²) in [5, 5.41) is 0. The molecule has 1 unspecified atom stereocenters. The van der Waals surface area contributed by atoms with Crippen LogP contribution in [0, 0.1) is 0 Å². The Morgan fingerprint density at radius 3 is 3.11 bits per heavy atom. The molecule has 1 aromatic heterocycles. The molecule has 1 N–H and O–H groups in total. The van der Waals surface area contributed by atoms with Gasteiger partial charge >= 0.3 is 0 Å². The van der Waals surface area contributed by atoms with E-state index in [0.717, 1.165) is 42.6 Å². The Morgan fingerprint density at radius 1 is 1.30 bits per heavy atom. The Hall–Kier alpha value is -3.08. The number of nitrogens with zero attached hydrogens (tertiary/aromatic N) is 2. The molecule has 0 fully saturated rings. The molecule has 1 aliphatic carbocycles. The Balaban J connectivity index is 1.52. The number of ether oxygens (including phenoxy) is 1. The summed E-state index contributed by atoms with van der Waals surface area (Å²) in [6.45, 7) is 0.749. The first-order chi connectivity index (χ1) is 13.3. The molecule has 1 atom stereocenters. The van der Waals surface area contributed by atoms with Gasteiger partial charge in [0.05, 0.1) is 30.5 Å². The van der Waals surface area contributed by atoms with Gasteiger partial charge in [-0.3, -0.25) is 4.79 Å². The zero-order valence-corrected chi connectivity index (χ0v) is 15.2. The van der Waals surface area contributed by atoms with E-state index in [0.29, 0.717) is 5.56 Å². The quantitative estimate of drug-likeness (QED) is 0.757. The number of H-pyrrole nitrogens is 1. The van der Waals surface area contributed by atoms with E-state index >= 15 is 0 Å². The molecular weight excluding hydrogens is 338 g/mol. The molecule has 1 aliphatic heterocycles. The molecule has 0 radical (unpaired) electrons. The van der Waals surface area contributed by atoms with Crippen molar-refractivity contribution in [1.29, 1.82) is 0 Å². The maximum Gasteiger partial charge on any atom is 0.254 e. The molecule has 5 nitrogen and oxygen atoms in total. The van der Waals surface area contributed by atoms with Crippen LogP contribution in [-0.4, -0.2) is 40.5 Å². The standard InChI is InChI=1S/C22H21N3O2/c1-27-20-6-2-4-14-8-10-19-16(21(14)20)5-3-11-25(19)22(26)15-7-9-17-18(12-15)24-13-23-17/h2,4-7,9,12-13,19H,3,8,10-11H2,1H3,(H,23,24).